The number of benzene rings is 2. The van der Waals surface area contributed by atoms with E-state index in [2.05, 4.69) is 10.6 Å². The van der Waals surface area contributed by atoms with Crippen LogP contribution in [-0.4, -0.2) is 32.6 Å². The third kappa shape index (κ3) is 4.55. The third-order valence-electron chi connectivity index (χ3n) is 4.51. The Morgan fingerprint density at radius 1 is 0.885 bits per heavy atom. The average Bonchev–Trinajstić information content (AvgIpc) is 2.67. The second kappa shape index (κ2) is 9.25. The van der Waals surface area contributed by atoms with Gasteiger partial charge in [0.2, 0.25) is 5.91 Å². The van der Waals surface area contributed by atoms with E-state index >= 15 is 0 Å². The van der Waals surface area contributed by atoms with Crippen LogP contribution in [0.5, 0.6) is 11.5 Å². The molecule has 0 spiro atoms. The van der Waals surface area contributed by atoms with Crippen molar-refractivity contribution in [3.63, 3.8) is 0 Å². The van der Waals surface area contributed by atoms with Gasteiger partial charge >= 0.3 is 0 Å². The Bertz CT molecular complexity index is 687. The van der Waals surface area contributed by atoms with E-state index in [4.69, 9.17) is 4.74 Å². The number of rotatable bonds is 9. The molecule has 0 unspecified atom stereocenters. The van der Waals surface area contributed by atoms with E-state index in [-0.39, 0.29) is 12.5 Å². The summed E-state index contributed by atoms with van der Waals surface area (Å²) in [6, 6.07) is 15.7. The van der Waals surface area contributed by atoms with Gasteiger partial charge in [0.15, 0.2) is 11.5 Å². The molecule has 1 heterocycles. The van der Waals surface area contributed by atoms with Crippen LogP contribution >= 0.6 is 0 Å². The maximum absolute atomic E-state index is 12.5. The highest BCUT2D eigenvalue weighted by molar-refractivity contribution is 5.88. The SMILES string of the molecule is CNCCCCCCNC(=O)CN1c2ccccc2Oc2ccccc21. The van der Waals surface area contributed by atoms with Crippen molar-refractivity contribution in [3.05, 3.63) is 48.5 Å². The molecule has 2 aromatic carbocycles. The van der Waals surface area contributed by atoms with Crippen LogP contribution in [0.1, 0.15) is 25.7 Å². The van der Waals surface area contributed by atoms with E-state index in [1.165, 1.54) is 12.8 Å². The van der Waals surface area contributed by atoms with Crippen LogP contribution in [-0.2, 0) is 4.79 Å². The molecule has 1 amide bonds. The van der Waals surface area contributed by atoms with Crippen molar-refractivity contribution in [1.29, 1.82) is 0 Å². The largest absolute Gasteiger partial charge is 0.453 e. The number of ether oxygens (including phenoxy) is 1. The zero-order valence-corrected chi connectivity index (χ0v) is 15.3. The van der Waals surface area contributed by atoms with Crippen molar-refractivity contribution in [2.24, 2.45) is 0 Å². The fraction of sp³-hybridized carbons (Fsp3) is 0.381. The van der Waals surface area contributed by atoms with Gasteiger partial charge in [-0.15, -0.1) is 0 Å². The molecular formula is C21H27N3O2. The van der Waals surface area contributed by atoms with Crippen LogP contribution in [0.2, 0.25) is 0 Å². The molecule has 3 rings (SSSR count). The normalized spacial score (nSPS) is 12.1. The molecule has 26 heavy (non-hydrogen) atoms. The Kier molecular flexibility index (Phi) is 6.50. The number of hydrogen-bond donors (Lipinski definition) is 2. The molecule has 1 aliphatic heterocycles. The first-order valence-electron chi connectivity index (χ1n) is 9.34. The van der Waals surface area contributed by atoms with E-state index in [0.29, 0.717) is 0 Å². The lowest BCUT2D eigenvalue weighted by atomic mass is 10.1. The molecule has 0 aromatic heterocycles. The van der Waals surface area contributed by atoms with E-state index < -0.39 is 0 Å². The van der Waals surface area contributed by atoms with Gasteiger partial charge in [-0.2, -0.15) is 0 Å². The quantitative estimate of drug-likeness (QED) is 0.673. The van der Waals surface area contributed by atoms with Crippen LogP contribution in [0.15, 0.2) is 48.5 Å². The Morgan fingerprint density at radius 2 is 1.46 bits per heavy atom. The van der Waals surface area contributed by atoms with Crippen molar-refractivity contribution in [2.75, 3.05) is 31.6 Å². The zero-order chi connectivity index (χ0) is 18.2. The van der Waals surface area contributed by atoms with Crippen LogP contribution in [0.3, 0.4) is 0 Å². The molecule has 2 N–H and O–H groups in total. The fourth-order valence-electron chi connectivity index (χ4n) is 3.16. The smallest absolute Gasteiger partial charge is 0.239 e. The molecule has 5 nitrogen and oxygen atoms in total. The van der Waals surface area contributed by atoms with Crippen LogP contribution in [0, 0.1) is 0 Å². The highest BCUT2D eigenvalue weighted by Gasteiger charge is 2.25. The maximum Gasteiger partial charge on any atom is 0.239 e. The number of anilines is 2. The summed E-state index contributed by atoms with van der Waals surface area (Å²) in [6.07, 6.45) is 4.55. The van der Waals surface area contributed by atoms with E-state index in [1.807, 2.05) is 60.5 Å². The number of amides is 1. The lowest BCUT2D eigenvalue weighted by Crippen LogP contribution is -2.36. The summed E-state index contributed by atoms with van der Waals surface area (Å²) in [4.78, 5) is 14.5. The van der Waals surface area contributed by atoms with Crippen LogP contribution in [0.4, 0.5) is 11.4 Å². The highest BCUT2D eigenvalue weighted by Crippen LogP contribution is 2.45. The lowest BCUT2D eigenvalue weighted by Gasteiger charge is -2.32. The van der Waals surface area contributed by atoms with Gasteiger partial charge < -0.3 is 20.3 Å². The topological polar surface area (TPSA) is 53.6 Å². The molecular weight excluding hydrogens is 326 g/mol. The molecule has 0 radical (unpaired) electrons. The second-order valence-electron chi connectivity index (χ2n) is 6.49. The first-order valence-corrected chi connectivity index (χ1v) is 9.34. The van der Waals surface area contributed by atoms with Crippen molar-refractivity contribution < 1.29 is 9.53 Å². The summed E-state index contributed by atoms with van der Waals surface area (Å²) in [5.74, 6) is 1.60. The Balaban J connectivity index is 1.57. The molecule has 0 fully saturated rings. The molecule has 138 valence electrons. The van der Waals surface area contributed by atoms with Gasteiger partial charge in [0, 0.05) is 6.54 Å². The van der Waals surface area contributed by atoms with Gasteiger partial charge in [0.1, 0.15) is 6.54 Å². The molecule has 5 heteroatoms. The minimum Gasteiger partial charge on any atom is -0.453 e. The minimum absolute atomic E-state index is 0.0340. The molecule has 1 aliphatic rings. The van der Waals surface area contributed by atoms with Crippen molar-refractivity contribution >= 4 is 17.3 Å². The van der Waals surface area contributed by atoms with Gasteiger partial charge in [-0.25, -0.2) is 0 Å². The van der Waals surface area contributed by atoms with Gasteiger partial charge in [0.05, 0.1) is 11.4 Å². The molecule has 0 saturated carbocycles. The predicted octanol–water partition coefficient (Wildman–Crippen LogP) is 3.83. The van der Waals surface area contributed by atoms with Crippen LogP contribution in [0.25, 0.3) is 0 Å². The second-order valence-corrected chi connectivity index (χ2v) is 6.49. The Hall–Kier alpha value is -2.53. The summed E-state index contributed by atoms with van der Waals surface area (Å²) in [7, 11) is 1.97. The van der Waals surface area contributed by atoms with Crippen molar-refractivity contribution in [1.82, 2.24) is 10.6 Å². The average molecular weight is 353 g/mol. The first kappa shape index (κ1) is 18.3. The number of nitrogens with one attached hydrogen (secondary N) is 2. The number of nitrogens with zero attached hydrogens (tertiary/aromatic N) is 1. The van der Waals surface area contributed by atoms with E-state index in [0.717, 1.165) is 48.8 Å². The van der Waals surface area contributed by atoms with Crippen LogP contribution < -0.4 is 20.3 Å². The highest BCUT2D eigenvalue weighted by atomic mass is 16.5. The number of fused-ring (bicyclic) bond motifs is 2. The van der Waals surface area contributed by atoms with Gasteiger partial charge in [-0.1, -0.05) is 37.1 Å². The zero-order valence-electron chi connectivity index (χ0n) is 15.3. The monoisotopic (exact) mass is 353 g/mol. The number of hydrogen-bond acceptors (Lipinski definition) is 4. The third-order valence-corrected chi connectivity index (χ3v) is 4.51. The standard InChI is InChI=1S/C21H27N3O2/c1-22-14-8-2-3-9-15-23-21(25)16-24-17-10-4-6-12-19(17)26-20-13-7-5-11-18(20)24/h4-7,10-13,22H,2-3,8-9,14-16H2,1H3,(H,23,25). The molecule has 0 atom stereocenters. The van der Waals surface area contributed by atoms with E-state index in [1.54, 1.807) is 0 Å². The number of carbonyl (C=O) groups excluding carboxylic acids is 1. The van der Waals surface area contributed by atoms with E-state index in [9.17, 15) is 4.79 Å². The van der Waals surface area contributed by atoms with Gasteiger partial charge in [-0.05, 0) is 50.7 Å². The predicted molar refractivity (Wildman–Crippen MR) is 105 cm³/mol. The lowest BCUT2D eigenvalue weighted by molar-refractivity contribution is -0.119. The Morgan fingerprint density at radius 3 is 2.08 bits per heavy atom. The number of unbranched alkanes of at least 4 members (excludes halogenated alkanes) is 3. The molecule has 2 aromatic rings. The van der Waals surface area contributed by atoms with Crippen molar-refractivity contribution in [3.8, 4) is 11.5 Å². The number of para-hydroxylation sites is 4. The summed E-state index contributed by atoms with van der Waals surface area (Å²) in [6.45, 7) is 2.07. The number of carbonyl (C=O) groups is 1. The summed E-state index contributed by atoms with van der Waals surface area (Å²) >= 11 is 0. The summed E-state index contributed by atoms with van der Waals surface area (Å²) in [5.41, 5.74) is 1.85. The fourth-order valence-corrected chi connectivity index (χ4v) is 3.16. The molecule has 0 aliphatic carbocycles. The van der Waals surface area contributed by atoms with Gasteiger partial charge in [0.25, 0.3) is 0 Å². The first-order chi connectivity index (χ1) is 12.8. The molecule has 0 saturated heterocycles. The summed E-state index contributed by atoms with van der Waals surface area (Å²) in [5, 5.41) is 6.20. The Labute approximate surface area is 155 Å². The van der Waals surface area contributed by atoms with Crippen molar-refractivity contribution in [2.45, 2.75) is 25.7 Å². The molecule has 0 bridgehead atoms. The summed E-state index contributed by atoms with van der Waals surface area (Å²) < 4.78 is 5.96. The minimum atomic E-state index is 0.0340. The van der Waals surface area contributed by atoms with Gasteiger partial charge in [-0.3, -0.25) is 4.79 Å². The maximum atomic E-state index is 12.5.